The highest BCUT2D eigenvalue weighted by Crippen LogP contribution is 2.14. The summed E-state index contributed by atoms with van der Waals surface area (Å²) in [5.41, 5.74) is 0.609. The molecule has 0 radical (unpaired) electrons. The van der Waals surface area contributed by atoms with Crippen LogP contribution in [0.5, 0.6) is 0 Å². The molecule has 1 aromatic rings. The lowest BCUT2D eigenvalue weighted by molar-refractivity contribution is -0.139. The Balaban J connectivity index is 1.84. The van der Waals surface area contributed by atoms with Crippen molar-refractivity contribution in [1.82, 2.24) is 15.1 Å². The minimum Gasteiger partial charge on any atom is -0.352 e. The molecule has 2 rings (SSSR count). The molecule has 1 heterocycles. The van der Waals surface area contributed by atoms with Gasteiger partial charge in [0.25, 0.3) is 0 Å². The molecule has 136 valence electrons. The number of carbonyl (C=O) groups is 3. The highest BCUT2D eigenvalue weighted by molar-refractivity contribution is 6.30. The Morgan fingerprint density at radius 2 is 1.92 bits per heavy atom. The first-order chi connectivity index (χ1) is 11.9. The molecule has 1 aliphatic rings. The number of nitrogens with one attached hydrogen (secondary N) is 2. The molecular weight excluding hydrogens is 344 g/mol. The number of rotatable bonds is 5. The minimum absolute atomic E-state index is 0.0236. The van der Waals surface area contributed by atoms with E-state index >= 15 is 0 Å². The van der Waals surface area contributed by atoms with E-state index in [-0.39, 0.29) is 37.0 Å². The Morgan fingerprint density at radius 1 is 1.24 bits per heavy atom. The van der Waals surface area contributed by atoms with Crippen LogP contribution in [0.1, 0.15) is 20.3 Å². The van der Waals surface area contributed by atoms with Gasteiger partial charge in [0.2, 0.25) is 11.8 Å². The van der Waals surface area contributed by atoms with Gasteiger partial charge >= 0.3 is 6.03 Å². The number of benzene rings is 1. The van der Waals surface area contributed by atoms with Gasteiger partial charge in [0, 0.05) is 29.8 Å². The average molecular weight is 367 g/mol. The molecule has 1 saturated heterocycles. The van der Waals surface area contributed by atoms with Gasteiger partial charge in [-0.25, -0.2) is 4.79 Å². The maximum Gasteiger partial charge on any atom is 0.322 e. The molecule has 1 atom stereocenters. The molecule has 1 aromatic carbocycles. The molecular formula is C17H23ClN4O3. The lowest BCUT2D eigenvalue weighted by Gasteiger charge is -2.34. The summed E-state index contributed by atoms with van der Waals surface area (Å²) in [6.07, 6.45) is 0.832. The van der Waals surface area contributed by atoms with Gasteiger partial charge in [-0.2, -0.15) is 0 Å². The lowest BCUT2D eigenvalue weighted by Crippen LogP contribution is -2.55. The predicted octanol–water partition coefficient (Wildman–Crippen LogP) is 1.93. The van der Waals surface area contributed by atoms with Crippen LogP contribution in [0.4, 0.5) is 10.5 Å². The monoisotopic (exact) mass is 366 g/mol. The molecule has 0 aromatic heterocycles. The Bertz CT molecular complexity index is 635. The number of anilines is 1. The van der Waals surface area contributed by atoms with Crippen molar-refractivity contribution < 1.29 is 14.4 Å². The van der Waals surface area contributed by atoms with Crippen molar-refractivity contribution in [2.45, 2.75) is 26.3 Å². The van der Waals surface area contributed by atoms with Crippen molar-refractivity contribution in [1.29, 1.82) is 0 Å². The van der Waals surface area contributed by atoms with Crippen LogP contribution < -0.4 is 10.6 Å². The van der Waals surface area contributed by atoms with Gasteiger partial charge in [-0.1, -0.05) is 18.5 Å². The zero-order valence-corrected chi connectivity index (χ0v) is 15.2. The summed E-state index contributed by atoms with van der Waals surface area (Å²) in [6.45, 7) is 4.58. The Labute approximate surface area is 152 Å². The number of piperazine rings is 1. The van der Waals surface area contributed by atoms with E-state index in [0.29, 0.717) is 23.8 Å². The summed E-state index contributed by atoms with van der Waals surface area (Å²) >= 11 is 5.81. The van der Waals surface area contributed by atoms with Crippen molar-refractivity contribution in [2.75, 3.05) is 31.5 Å². The van der Waals surface area contributed by atoms with Gasteiger partial charge in [-0.3, -0.25) is 9.59 Å². The maximum absolute atomic E-state index is 12.2. The summed E-state index contributed by atoms with van der Waals surface area (Å²) in [5.74, 6) is -0.418. The number of halogens is 1. The molecule has 0 spiro atoms. The topological polar surface area (TPSA) is 81.8 Å². The quantitative estimate of drug-likeness (QED) is 0.835. The van der Waals surface area contributed by atoms with E-state index in [1.807, 2.05) is 13.8 Å². The van der Waals surface area contributed by atoms with Gasteiger partial charge < -0.3 is 20.4 Å². The normalized spacial score (nSPS) is 15.7. The van der Waals surface area contributed by atoms with Crippen molar-refractivity contribution in [3.05, 3.63) is 29.3 Å². The zero-order valence-electron chi connectivity index (χ0n) is 14.4. The van der Waals surface area contributed by atoms with Crippen LogP contribution in [0.25, 0.3) is 0 Å². The van der Waals surface area contributed by atoms with Crippen LogP contribution >= 0.6 is 11.6 Å². The van der Waals surface area contributed by atoms with E-state index < -0.39 is 0 Å². The third-order valence-corrected chi connectivity index (χ3v) is 4.31. The average Bonchev–Trinajstić information content (AvgIpc) is 2.58. The smallest absolute Gasteiger partial charge is 0.322 e. The molecule has 1 fully saturated rings. The van der Waals surface area contributed by atoms with Crippen molar-refractivity contribution in [3.8, 4) is 0 Å². The first-order valence-electron chi connectivity index (χ1n) is 8.27. The fraction of sp³-hybridized carbons (Fsp3) is 0.471. The molecule has 0 unspecified atom stereocenters. The Morgan fingerprint density at radius 3 is 2.52 bits per heavy atom. The molecule has 8 heteroatoms. The minimum atomic E-state index is -0.348. The summed E-state index contributed by atoms with van der Waals surface area (Å²) in [6, 6.07) is 6.47. The molecule has 0 saturated carbocycles. The van der Waals surface area contributed by atoms with E-state index in [2.05, 4.69) is 10.6 Å². The van der Waals surface area contributed by atoms with Crippen LogP contribution in [-0.2, 0) is 9.59 Å². The molecule has 25 heavy (non-hydrogen) atoms. The molecule has 2 N–H and O–H groups in total. The summed E-state index contributed by atoms with van der Waals surface area (Å²) in [4.78, 5) is 39.3. The van der Waals surface area contributed by atoms with E-state index in [0.717, 1.165) is 6.42 Å². The van der Waals surface area contributed by atoms with E-state index in [1.165, 1.54) is 9.80 Å². The Kier molecular flexibility index (Phi) is 6.64. The third-order valence-electron chi connectivity index (χ3n) is 4.06. The van der Waals surface area contributed by atoms with Crippen LogP contribution in [0, 0.1) is 0 Å². The van der Waals surface area contributed by atoms with Gasteiger partial charge in [0.15, 0.2) is 0 Å². The molecule has 0 aliphatic carbocycles. The SMILES string of the molecule is CC[C@H](C)NC(=O)CN1CCN(C(=O)Nc2ccc(Cl)cc2)CC1=O. The largest absolute Gasteiger partial charge is 0.352 e. The van der Waals surface area contributed by atoms with Crippen LogP contribution in [0.15, 0.2) is 24.3 Å². The summed E-state index contributed by atoms with van der Waals surface area (Å²) < 4.78 is 0. The van der Waals surface area contributed by atoms with E-state index in [4.69, 9.17) is 11.6 Å². The second-order valence-corrected chi connectivity index (χ2v) is 6.49. The van der Waals surface area contributed by atoms with Crippen LogP contribution in [0.2, 0.25) is 5.02 Å². The van der Waals surface area contributed by atoms with Gasteiger partial charge in [0.05, 0.1) is 6.54 Å². The second kappa shape index (κ2) is 8.71. The fourth-order valence-corrected chi connectivity index (χ4v) is 2.51. The number of urea groups is 1. The lowest BCUT2D eigenvalue weighted by atomic mass is 10.2. The van der Waals surface area contributed by atoms with Gasteiger partial charge in [-0.15, -0.1) is 0 Å². The number of hydrogen-bond donors (Lipinski definition) is 2. The predicted molar refractivity (Wildman–Crippen MR) is 96.5 cm³/mol. The highest BCUT2D eigenvalue weighted by Gasteiger charge is 2.28. The Hall–Kier alpha value is -2.28. The first kappa shape index (κ1) is 19.1. The van der Waals surface area contributed by atoms with Crippen molar-refractivity contribution >= 4 is 35.1 Å². The highest BCUT2D eigenvalue weighted by atomic mass is 35.5. The van der Waals surface area contributed by atoms with Gasteiger partial charge in [0.1, 0.15) is 6.54 Å². The second-order valence-electron chi connectivity index (χ2n) is 6.05. The number of amides is 4. The third kappa shape index (κ3) is 5.63. The van der Waals surface area contributed by atoms with E-state index in [9.17, 15) is 14.4 Å². The number of hydrogen-bond acceptors (Lipinski definition) is 3. The van der Waals surface area contributed by atoms with Crippen molar-refractivity contribution in [3.63, 3.8) is 0 Å². The molecule has 1 aliphatic heterocycles. The van der Waals surface area contributed by atoms with Crippen LogP contribution in [-0.4, -0.2) is 59.9 Å². The summed E-state index contributed by atoms with van der Waals surface area (Å²) in [5, 5.41) is 6.14. The maximum atomic E-state index is 12.2. The fourth-order valence-electron chi connectivity index (χ4n) is 2.38. The molecule has 4 amide bonds. The molecule has 7 nitrogen and oxygen atoms in total. The molecule has 0 bridgehead atoms. The van der Waals surface area contributed by atoms with Gasteiger partial charge in [-0.05, 0) is 37.6 Å². The number of carbonyl (C=O) groups excluding carboxylic acids is 3. The standard InChI is InChI=1S/C17H23ClN4O3/c1-3-12(2)19-15(23)10-21-8-9-22(11-16(21)24)17(25)20-14-6-4-13(18)5-7-14/h4-7,12H,3,8-11H2,1-2H3,(H,19,23)(H,20,25)/t12-/m0/s1. The van der Waals surface area contributed by atoms with Crippen LogP contribution in [0.3, 0.4) is 0 Å². The number of nitrogens with zero attached hydrogens (tertiary/aromatic N) is 2. The first-order valence-corrected chi connectivity index (χ1v) is 8.65. The summed E-state index contributed by atoms with van der Waals surface area (Å²) in [7, 11) is 0. The van der Waals surface area contributed by atoms with Crippen molar-refractivity contribution in [2.24, 2.45) is 0 Å². The van der Waals surface area contributed by atoms with E-state index in [1.54, 1.807) is 24.3 Å². The zero-order chi connectivity index (χ0) is 18.4.